The van der Waals surface area contributed by atoms with Gasteiger partial charge in [0.2, 0.25) is 0 Å². The third kappa shape index (κ3) is 3.06. The van der Waals surface area contributed by atoms with Crippen LogP contribution in [-0.4, -0.2) is 24.3 Å². The summed E-state index contributed by atoms with van der Waals surface area (Å²) in [5.41, 5.74) is -4.46. The van der Waals surface area contributed by atoms with Crippen molar-refractivity contribution in [3.63, 3.8) is 0 Å². The Morgan fingerprint density at radius 2 is 1.71 bits per heavy atom. The van der Waals surface area contributed by atoms with Gasteiger partial charge >= 0.3 is 6.11 Å². The minimum atomic E-state index is -4.48. The van der Waals surface area contributed by atoms with Crippen LogP contribution in [0.3, 0.4) is 0 Å². The van der Waals surface area contributed by atoms with Gasteiger partial charge in [0.25, 0.3) is 11.6 Å². The fourth-order valence-electron chi connectivity index (χ4n) is 2.81. The first-order valence-corrected chi connectivity index (χ1v) is 7.40. The number of hydrogen-bond donors (Lipinski definition) is 0. The minimum Gasteiger partial charge on any atom is -0.318 e. The standard InChI is InChI=1S/C15H25F5O/c1-6-12(4,5)9-11-7-8-21-15(19,20)13(11,16)14(17,18)10(2)3/h10-11H,6-9H2,1-5H3. The predicted molar refractivity (Wildman–Crippen MR) is 71.3 cm³/mol. The summed E-state index contributed by atoms with van der Waals surface area (Å²) in [4.78, 5) is 0. The summed E-state index contributed by atoms with van der Waals surface area (Å²) < 4.78 is 75.7. The second kappa shape index (κ2) is 5.67. The van der Waals surface area contributed by atoms with Gasteiger partial charge in [0.05, 0.1) is 6.61 Å². The molecule has 0 amide bonds. The van der Waals surface area contributed by atoms with Gasteiger partial charge in [-0.1, -0.05) is 41.0 Å². The molecule has 0 N–H and O–H groups in total. The predicted octanol–water partition coefficient (Wildman–Crippen LogP) is 5.44. The number of hydrogen-bond acceptors (Lipinski definition) is 1. The maximum atomic E-state index is 15.1. The van der Waals surface area contributed by atoms with Gasteiger partial charge in [-0.05, 0) is 18.3 Å². The van der Waals surface area contributed by atoms with E-state index in [1.54, 1.807) is 13.8 Å². The molecule has 1 aliphatic rings. The van der Waals surface area contributed by atoms with Crippen molar-refractivity contribution >= 4 is 0 Å². The number of ether oxygens (including phenoxy) is 1. The molecule has 1 nitrogen and oxygen atoms in total. The summed E-state index contributed by atoms with van der Waals surface area (Å²) in [5.74, 6) is -7.14. The molecular weight excluding hydrogens is 291 g/mol. The van der Waals surface area contributed by atoms with Crippen LogP contribution in [-0.2, 0) is 4.74 Å². The van der Waals surface area contributed by atoms with Gasteiger partial charge in [-0.15, -0.1) is 0 Å². The van der Waals surface area contributed by atoms with Crippen LogP contribution in [0.5, 0.6) is 0 Å². The first-order chi connectivity index (χ1) is 9.32. The molecule has 0 bridgehead atoms. The highest BCUT2D eigenvalue weighted by atomic mass is 19.3. The van der Waals surface area contributed by atoms with Gasteiger partial charge in [0.1, 0.15) is 0 Å². The van der Waals surface area contributed by atoms with Gasteiger partial charge in [0.15, 0.2) is 0 Å². The molecule has 0 radical (unpaired) electrons. The van der Waals surface area contributed by atoms with E-state index in [2.05, 4.69) is 4.74 Å². The molecule has 21 heavy (non-hydrogen) atoms. The fourth-order valence-corrected chi connectivity index (χ4v) is 2.81. The Balaban J connectivity index is 3.28. The smallest absolute Gasteiger partial charge is 0.318 e. The minimum absolute atomic E-state index is 0.0265. The highest BCUT2D eigenvalue weighted by Gasteiger charge is 2.76. The maximum Gasteiger partial charge on any atom is 0.396 e. The van der Waals surface area contributed by atoms with Crippen LogP contribution in [0, 0.1) is 17.3 Å². The highest BCUT2D eigenvalue weighted by Crippen LogP contribution is 2.57. The van der Waals surface area contributed by atoms with Gasteiger partial charge in [-0.2, -0.15) is 8.78 Å². The Kier molecular flexibility index (Phi) is 5.04. The molecule has 1 saturated heterocycles. The summed E-state index contributed by atoms with van der Waals surface area (Å²) in [6.07, 6.45) is -4.04. The van der Waals surface area contributed by atoms with Crippen molar-refractivity contribution in [3.05, 3.63) is 0 Å². The van der Waals surface area contributed by atoms with Crippen molar-refractivity contribution in [1.82, 2.24) is 0 Å². The average molecular weight is 316 g/mol. The number of rotatable bonds is 5. The Hall–Kier alpha value is -0.390. The van der Waals surface area contributed by atoms with E-state index in [0.717, 1.165) is 13.8 Å². The molecule has 126 valence electrons. The topological polar surface area (TPSA) is 9.23 Å². The van der Waals surface area contributed by atoms with Crippen molar-refractivity contribution in [2.45, 2.75) is 71.6 Å². The molecule has 0 aliphatic carbocycles. The lowest BCUT2D eigenvalue weighted by Gasteiger charge is -2.49. The Labute approximate surface area is 123 Å². The monoisotopic (exact) mass is 316 g/mol. The number of halogens is 5. The Bertz CT molecular complexity index is 367. The third-order valence-corrected chi connectivity index (χ3v) is 4.70. The fraction of sp³-hybridized carbons (Fsp3) is 1.00. The SMILES string of the molecule is CCC(C)(C)CC1CCOC(F)(F)C1(F)C(F)(F)C(C)C. The molecule has 6 heteroatoms. The molecule has 1 heterocycles. The average Bonchev–Trinajstić information content (AvgIpc) is 2.34. The first-order valence-electron chi connectivity index (χ1n) is 7.40. The summed E-state index contributed by atoms with van der Waals surface area (Å²) in [6, 6.07) is 0. The van der Waals surface area contributed by atoms with E-state index in [1.807, 2.05) is 6.92 Å². The third-order valence-electron chi connectivity index (χ3n) is 4.70. The summed E-state index contributed by atoms with van der Waals surface area (Å²) in [5, 5.41) is 0. The molecule has 0 spiro atoms. The zero-order chi connectivity index (χ0) is 16.7. The summed E-state index contributed by atoms with van der Waals surface area (Å²) >= 11 is 0. The van der Waals surface area contributed by atoms with E-state index in [-0.39, 0.29) is 12.8 Å². The normalized spacial score (nSPS) is 30.7. The van der Waals surface area contributed by atoms with E-state index in [1.165, 1.54) is 0 Å². The van der Waals surface area contributed by atoms with Crippen LogP contribution >= 0.6 is 0 Å². The van der Waals surface area contributed by atoms with Crippen molar-refractivity contribution in [3.8, 4) is 0 Å². The summed E-state index contributed by atoms with van der Waals surface area (Å²) in [6.45, 7) is 7.07. The first kappa shape index (κ1) is 18.7. The van der Waals surface area contributed by atoms with Crippen LogP contribution in [0.25, 0.3) is 0 Å². The second-order valence-corrected chi connectivity index (χ2v) is 7.06. The molecule has 0 saturated carbocycles. The van der Waals surface area contributed by atoms with E-state index in [4.69, 9.17) is 0 Å². The lowest BCUT2D eigenvalue weighted by molar-refractivity contribution is -0.398. The van der Waals surface area contributed by atoms with Crippen LogP contribution < -0.4 is 0 Å². The molecule has 0 aromatic rings. The zero-order valence-electron chi connectivity index (χ0n) is 13.3. The van der Waals surface area contributed by atoms with Crippen molar-refractivity contribution in [1.29, 1.82) is 0 Å². The zero-order valence-corrected chi connectivity index (χ0v) is 13.3. The van der Waals surface area contributed by atoms with Gasteiger partial charge in [0, 0.05) is 11.8 Å². The lowest BCUT2D eigenvalue weighted by atomic mass is 9.68. The molecule has 1 fully saturated rings. The molecule has 0 aromatic heterocycles. The molecule has 2 unspecified atom stereocenters. The Morgan fingerprint density at radius 1 is 1.19 bits per heavy atom. The molecule has 1 aliphatic heterocycles. The Morgan fingerprint density at radius 3 is 2.14 bits per heavy atom. The molecule has 2 atom stereocenters. The van der Waals surface area contributed by atoms with Crippen molar-refractivity contribution in [2.24, 2.45) is 17.3 Å². The van der Waals surface area contributed by atoms with E-state index >= 15 is 4.39 Å². The molecular formula is C15H25F5O. The van der Waals surface area contributed by atoms with Crippen LogP contribution in [0.1, 0.15) is 53.9 Å². The van der Waals surface area contributed by atoms with Crippen LogP contribution in [0.4, 0.5) is 22.0 Å². The van der Waals surface area contributed by atoms with Gasteiger partial charge < -0.3 is 4.74 Å². The maximum absolute atomic E-state index is 15.1. The lowest BCUT2D eigenvalue weighted by Crippen LogP contribution is -2.67. The largest absolute Gasteiger partial charge is 0.396 e. The molecule has 0 aromatic carbocycles. The van der Waals surface area contributed by atoms with E-state index in [9.17, 15) is 17.6 Å². The summed E-state index contributed by atoms with van der Waals surface area (Å²) in [7, 11) is 0. The van der Waals surface area contributed by atoms with Crippen LogP contribution in [0.15, 0.2) is 0 Å². The van der Waals surface area contributed by atoms with E-state index in [0.29, 0.717) is 6.42 Å². The highest BCUT2D eigenvalue weighted by molar-refractivity contribution is 5.08. The molecule has 1 rings (SSSR count). The second-order valence-electron chi connectivity index (χ2n) is 7.06. The van der Waals surface area contributed by atoms with Crippen molar-refractivity contribution < 1.29 is 26.7 Å². The quantitative estimate of drug-likeness (QED) is 0.614. The van der Waals surface area contributed by atoms with Crippen molar-refractivity contribution in [2.75, 3.05) is 6.61 Å². The van der Waals surface area contributed by atoms with E-state index < -0.39 is 41.6 Å². The van der Waals surface area contributed by atoms with Gasteiger partial charge in [-0.3, -0.25) is 0 Å². The van der Waals surface area contributed by atoms with Crippen LogP contribution in [0.2, 0.25) is 0 Å². The van der Waals surface area contributed by atoms with Gasteiger partial charge in [-0.25, -0.2) is 13.2 Å². The number of alkyl halides is 5.